The van der Waals surface area contributed by atoms with Crippen LogP contribution in [0, 0.1) is 10.1 Å². The maximum atomic E-state index is 10.7. The molecule has 0 saturated carbocycles. The van der Waals surface area contributed by atoms with Gasteiger partial charge in [0, 0.05) is 17.6 Å². The molecule has 0 aliphatic carbocycles. The maximum Gasteiger partial charge on any atom is 0.277 e. The fourth-order valence-corrected chi connectivity index (χ4v) is 1.39. The van der Waals surface area contributed by atoms with Gasteiger partial charge in [0.1, 0.15) is 5.69 Å². The monoisotopic (exact) mass is 202 g/mol. The van der Waals surface area contributed by atoms with Crippen LogP contribution in [0.4, 0.5) is 5.69 Å². The summed E-state index contributed by atoms with van der Waals surface area (Å²) < 4.78 is 0. The molecular formula is C10H6N2O3. The van der Waals surface area contributed by atoms with Crippen molar-refractivity contribution in [2.75, 3.05) is 0 Å². The number of benzene rings is 1. The third kappa shape index (κ3) is 1.54. The number of rotatable bonds is 2. The Bertz CT molecular complexity index is 551. The zero-order chi connectivity index (χ0) is 10.8. The van der Waals surface area contributed by atoms with E-state index in [0.717, 1.165) is 0 Å². The highest BCUT2D eigenvalue weighted by molar-refractivity contribution is 5.93. The number of aromatic nitrogens is 1. The Morgan fingerprint density at radius 2 is 2.20 bits per heavy atom. The summed E-state index contributed by atoms with van der Waals surface area (Å²) >= 11 is 0. The van der Waals surface area contributed by atoms with E-state index in [4.69, 9.17) is 0 Å². The predicted octanol–water partition coefficient (Wildman–Crippen LogP) is 1.96. The topological polar surface area (TPSA) is 73.1 Å². The van der Waals surface area contributed by atoms with Crippen LogP contribution >= 0.6 is 0 Å². The number of hydrogen-bond acceptors (Lipinski definition) is 4. The van der Waals surface area contributed by atoms with Crippen molar-refractivity contribution >= 4 is 22.7 Å². The third-order valence-electron chi connectivity index (χ3n) is 2.08. The first kappa shape index (κ1) is 9.26. The Labute approximate surface area is 84.5 Å². The van der Waals surface area contributed by atoms with E-state index < -0.39 is 4.92 Å². The highest BCUT2D eigenvalue weighted by Gasteiger charge is 2.11. The molecule has 0 fully saturated rings. The van der Waals surface area contributed by atoms with E-state index in [-0.39, 0.29) is 11.4 Å². The second-order valence-electron chi connectivity index (χ2n) is 2.98. The van der Waals surface area contributed by atoms with E-state index >= 15 is 0 Å². The SMILES string of the molecule is O=Cc1cc2c([N+](=O)[O-])cccc2cn1. The first-order chi connectivity index (χ1) is 7.22. The summed E-state index contributed by atoms with van der Waals surface area (Å²) in [5.41, 5.74) is 0.176. The lowest BCUT2D eigenvalue weighted by Crippen LogP contribution is -1.92. The Balaban J connectivity index is 2.81. The zero-order valence-electron chi connectivity index (χ0n) is 7.58. The lowest BCUT2D eigenvalue weighted by Gasteiger charge is -1.98. The average molecular weight is 202 g/mol. The van der Waals surface area contributed by atoms with Crippen molar-refractivity contribution < 1.29 is 9.72 Å². The molecule has 2 aromatic rings. The third-order valence-corrected chi connectivity index (χ3v) is 2.08. The van der Waals surface area contributed by atoms with Gasteiger partial charge in [0.15, 0.2) is 6.29 Å². The summed E-state index contributed by atoms with van der Waals surface area (Å²) in [6.45, 7) is 0. The molecule has 0 radical (unpaired) electrons. The molecule has 0 aliphatic rings. The average Bonchev–Trinajstić information content (AvgIpc) is 2.27. The number of non-ortho nitro benzene ring substituents is 1. The van der Waals surface area contributed by atoms with Crippen LogP contribution in [0.5, 0.6) is 0 Å². The minimum absolute atomic E-state index is 0.0157. The molecule has 0 amide bonds. The van der Waals surface area contributed by atoms with E-state index in [1.165, 1.54) is 18.3 Å². The Hall–Kier alpha value is -2.30. The Kier molecular flexibility index (Phi) is 2.13. The van der Waals surface area contributed by atoms with Crippen LogP contribution in [0.3, 0.4) is 0 Å². The van der Waals surface area contributed by atoms with Crippen LogP contribution in [-0.2, 0) is 0 Å². The number of nitro benzene ring substituents is 1. The zero-order valence-corrected chi connectivity index (χ0v) is 7.58. The molecule has 0 aliphatic heterocycles. The smallest absolute Gasteiger partial charge is 0.277 e. The number of pyridine rings is 1. The predicted molar refractivity (Wildman–Crippen MR) is 53.8 cm³/mol. The number of carbonyl (C=O) groups is 1. The van der Waals surface area contributed by atoms with Gasteiger partial charge in [-0.2, -0.15) is 0 Å². The molecule has 0 bridgehead atoms. The maximum absolute atomic E-state index is 10.7. The molecule has 0 N–H and O–H groups in total. The summed E-state index contributed by atoms with van der Waals surface area (Å²) in [4.78, 5) is 24.6. The molecule has 2 rings (SSSR count). The summed E-state index contributed by atoms with van der Waals surface area (Å²) in [6.07, 6.45) is 2.02. The lowest BCUT2D eigenvalue weighted by atomic mass is 10.1. The van der Waals surface area contributed by atoms with Crippen LogP contribution in [0.2, 0.25) is 0 Å². The number of hydrogen-bond donors (Lipinski definition) is 0. The Morgan fingerprint density at radius 1 is 1.40 bits per heavy atom. The van der Waals surface area contributed by atoms with Gasteiger partial charge >= 0.3 is 0 Å². The standard InChI is InChI=1S/C10H6N2O3/c13-6-8-4-9-7(5-11-8)2-1-3-10(9)12(14)15/h1-6H. The van der Waals surface area contributed by atoms with Gasteiger partial charge in [-0.3, -0.25) is 19.9 Å². The molecule has 5 nitrogen and oxygen atoms in total. The van der Waals surface area contributed by atoms with E-state index in [2.05, 4.69) is 4.98 Å². The second-order valence-corrected chi connectivity index (χ2v) is 2.98. The second kappa shape index (κ2) is 3.45. The largest absolute Gasteiger partial charge is 0.296 e. The number of aldehydes is 1. The summed E-state index contributed by atoms with van der Waals surface area (Å²) in [5, 5.41) is 11.8. The van der Waals surface area contributed by atoms with E-state index in [1.807, 2.05) is 0 Å². The quantitative estimate of drug-likeness (QED) is 0.424. The molecule has 5 heteroatoms. The number of fused-ring (bicyclic) bond motifs is 1. The lowest BCUT2D eigenvalue weighted by molar-refractivity contribution is -0.383. The molecule has 0 atom stereocenters. The fourth-order valence-electron chi connectivity index (χ4n) is 1.39. The molecule has 0 spiro atoms. The molecule has 0 unspecified atom stereocenters. The van der Waals surface area contributed by atoms with E-state index in [1.54, 1.807) is 12.1 Å². The van der Waals surface area contributed by atoms with Crippen LogP contribution in [-0.4, -0.2) is 16.2 Å². The van der Waals surface area contributed by atoms with Gasteiger partial charge in [-0.05, 0) is 6.07 Å². The van der Waals surface area contributed by atoms with Gasteiger partial charge in [0.25, 0.3) is 5.69 Å². The summed E-state index contributed by atoms with van der Waals surface area (Å²) in [5.74, 6) is 0. The van der Waals surface area contributed by atoms with Crippen LogP contribution in [0.1, 0.15) is 10.5 Å². The van der Waals surface area contributed by atoms with Crippen molar-refractivity contribution in [3.8, 4) is 0 Å². The van der Waals surface area contributed by atoms with Crippen molar-refractivity contribution in [3.63, 3.8) is 0 Å². The normalized spacial score (nSPS) is 10.1. The van der Waals surface area contributed by atoms with Gasteiger partial charge in [-0.1, -0.05) is 12.1 Å². The van der Waals surface area contributed by atoms with Crippen molar-refractivity contribution in [2.24, 2.45) is 0 Å². The van der Waals surface area contributed by atoms with Gasteiger partial charge in [-0.15, -0.1) is 0 Å². The van der Waals surface area contributed by atoms with Gasteiger partial charge in [0.2, 0.25) is 0 Å². The van der Waals surface area contributed by atoms with Crippen molar-refractivity contribution in [1.82, 2.24) is 4.98 Å². The first-order valence-corrected chi connectivity index (χ1v) is 4.20. The number of carbonyl (C=O) groups excluding carboxylic acids is 1. The van der Waals surface area contributed by atoms with Gasteiger partial charge in [-0.25, -0.2) is 0 Å². The number of nitrogens with zero attached hydrogens (tertiary/aromatic N) is 2. The molecule has 1 aromatic heterocycles. The summed E-state index contributed by atoms with van der Waals surface area (Å²) in [6, 6.07) is 6.12. The van der Waals surface area contributed by atoms with Crippen molar-refractivity contribution in [1.29, 1.82) is 0 Å². The fraction of sp³-hybridized carbons (Fsp3) is 0. The first-order valence-electron chi connectivity index (χ1n) is 4.20. The minimum atomic E-state index is -0.475. The highest BCUT2D eigenvalue weighted by atomic mass is 16.6. The highest BCUT2D eigenvalue weighted by Crippen LogP contribution is 2.24. The van der Waals surface area contributed by atoms with Crippen LogP contribution < -0.4 is 0 Å². The van der Waals surface area contributed by atoms with Gasteiger partial charge in [0.05, 0.1) is 10.3 Å². The Morgan fingerprint density at radius 3 is 2.87 bits per heavy atom. The molecular weight excluding hydrogens is 196 g/mol. The molecule has 74 valence electrons. The molecule has 15 heavy (non-hydrogen) atoms. The van der Waals surface area contributed by atoms with Crippen LogP contribution in [0.25, 0.3) is 10.8 Å². The minimum Gasteiger partial charge on any atom is -0.296 e. The van der Waals surface area contributed by atoms with Crippen LogP contribution in [0.15, 0.2) is 30.5 Å². The number of nitro groups is 1. The van der Waals surface area contributed by atoms with Crippen molar-refractivity contribution in [2.45, 2.75) is 0 Å². The summed E-state index contributed by atoms with van der Waals surface area (Å²) in [7, 11) is 0. The molecule has 1 aromatic carbocycles. The van der Waals surface area contributed by atoms with E-state index in [9.17, 15) is 14.9 Å². The van der Waals surface area contributed by atoms with Crippen molar-refractivity contribution in [3.05, 3.63) is 46.3 Å². The van der Waals surface area contributed by atoms with E-state index in [0.29, 0.717) is 17.1 Å². The molecule has 0 saturated heterocycles. The molecule has 1 heterocycles. The van der Waals surface area contributed by atoms with Gasteiger partial charge < -0.3 is 0 Å².